The second kappa shape index (κ2) is 3.97. The van der Waals surface area contributed by atoms with Gasteiger partial charge >= 0.3 is 0 Å². The fourth-order valence-corrected chi connectivity index (χ4v) is 1.52. The first kappa shape index (κ1) is 8.87. The molecule has 0 spiro atoms. The van der Waals surface area contributed by atoms with Crippen LogP contribution >= 0.6 is 0 Å². The standard InChI is InChI=1S/C12H14/c1-4-10-8-7-9-11(5-2)12(10)6-3/h1,7-9H,5-6H2,2-3H3. The molecule has 1 aromatic carbocycles. The van der Waals surface area contributed by atoms with Gasteiger partial charge in [0.1, 0.15) is 0 Å². The van der Waals surface area contributed by atoms with Crippen LogP contribution in [0.2, 0.25) is 0 Å². The van der Waals surface area contributed by atoms with E-state index in [0.717, 1.165) is 18.4 Å². The first-order valence-electron chi connectivity index (χ1n) is 4.40. The summed E-state index contributed by atoms with van der Waals surface area (Å²) in [5.74, 6) is 2.72. The molecular weight excluding hydrogens is 144 g/mol. The Balaban J connectivity index is 3.24. The molecule has 0 aliphatic carbocycles. The van der Waals surface area contributed by atoms with Crippen molar-refractivity contribution in [1.82, 2.24) is 0 Å². The molecule has 62 valence electrons. The second-order valence-corrected chi connectivity index (χ2v) is 2.79. The lowest BCUT2D eigenvalue weighted by atomic mass is 9.98. The molecule has 0 heteroatoms. The van der Waals surface area contributed by atoms with Crippen molar-refractivity contribution in [2.45, 2.75) is 26.7 Å². The van der Waals surface area contributed by atoms with E-state index >= 15 is 0 Å². The van der Waals surface area contributed by atoms with Crippen molar-refractivity contribution in [2.24, 2.45) is 0 Å². The van der Waals surface area contributed by atoms with E-state index in [-0.39, 0.29) is 0 Å². The van der Waals surface area contributed by atoms with E-state index in [4.69, 9.17) is 6.42 Å². The average Bonchev–Trinajstić information content (AvgIpc) is 2.16. The van der Waals surface area contributed by atoms with Crippen molar-refractivity contribution < 1.29 is 0 Å². The van der Waals surface area contributed by atoms with Crippen molar-refractivity contribution in [1.29, 1.82) is 0 Å². The van der Waals surface area contributed by atoms with E-state index in [1.807, 2.05) is 12.1 Å². The summed E-state index contributed by atoms with van der Waals surface area (Å²) in [5, 5.41) is 0. The number of aryl methyl sites for hydroxylation is 1. The van der Waals surface area contributed by atoms with Crippen LogP contribution in [0.3, 0.4) is 0 Å². The van der Waals surface area contributed by atoms with Crippen LogP contribution in [0.25, 0.3) is 0 Å². The Hall–Kier alpha value is -1.22. The van der Waals surface area contributed by atoms with Crippen molar-refractivity contribution in [3.8, 4) is 12.3 Å². The summed E-state index contributed by atoms with van der Waals surface area (Å²) in [7, 11) is 0. The highest BCUT2D eigenvalue weighted by Crippen LogP contribution is 2.15. The van der Waals surface area contributed by atoms with Gasteiger partial charge in [-0.25, -0.2) is 0 Å². The number of rotatable bonds is 2. The Morgan fingerprint density at radius 1 is 1.25 bits per heavy atom. The summed E-state index contributed by atoms with van der Waals surface area (Å²) in [6.45, 7) is 4.31. The maximum absolute atomic E-state index is 5.40. The van der Waals surface area contributed by atoms with Gasteiger partial charge in [-0.3, -0.25) is 0 Å². The highest BCUT2D eigenvalue weighted by molar-refractivity contribution is 5.44. The Morgan fingerprint density at radius 2 is 2.00 bits per heavy atom. The van der Waals surface area contributed by atoms with Crippen molar-refractivity contribution in [3.05, 3.63) is 34.9 Å². The molecule has 0 unspecified atom stereocenters. The van der Waals surface area contributed by atoms with E-state index in [2.05, 4.69) is 25.8 Å². The molecule has 0 aliphatic rings. The van der Waals surface area contributed by atoms with Gasteiger partial charge < -0.3 is 0 Å². The van der Waals surface area contributed by atoms with Crippen LogP contribution in [-0.4, -0.2) is 0 Å². The number of terminal acetylenes is 1. The topological polar surface area (TPSA) is 0 Å². The number of hydrogen-bond donors (Lipinski definition) is 0. The largest absolute Gasteiger partial charge is 0.115 e. The minimum atomic E-state index is 1.03. The Bertz CT molecular complexity index is 302. The van der Waals surface area contributed by atoms with Gasteiger partial charge in [0.2, 0.25) is 0 Å². The summed E-state index contributed by atoms with van der Waals surface area (Å²) >= 11 is 0. The van der Waals surface area contributed by atoms with Gasteiger partial charge in [0.15, 0.2) is 0 Å². The average molecular weight is 158 g/mol. The first-order valence-corrected chi connectivity index (χ1v) is 4.40. The van der Waals surface area contributed by atoms with Gasteiger partial charge in [0.25, 0.3) is 0 Å². The van der Waals surface area contributed by atoms with Crippen LogP contribution in [-0.2, 0) is 12.8 Å². The Labute approximate surface area is 74.6 Å². The third-order valence-electron chi connectivity index (χ3n) is 2.16. The Morgan fingerprint density at radius 3 is 2.50 bits per heavy atom. The number of hydrogen-bond acceptors (Lipinski definition) is 0. The number of benzene rings is 1. The zero-order valence-corrected chi connectivity index (χ0v) is 7.72. The molecular formula is C12H14. The zero-order valence-electron chi connectivity index (χ0n) is 7.72. The third kappa shape index (κ3) is 1.51. The molecule has 0 nitrogen and oxygen atoms in total. The van der Waals surface area contributed by atoms with Crippen molar-refractivity contribution in [2.75, 3.05) is 0 Å². The lowest BCUT2D eigenvalue weighted by Gasteiger charge is -2.07. The van der Waals surface area contributed by atoms with Gasteiger partial charge in [0, 0.05) is 5.56 Å². The molecule has 1 rings (SSSR count). The van der Waals surface area contributed by atoms with E-state index in [1.54, 1.807) is 0 Å². The predicted octanol–water partition coefficient (Wildman–Crippen LogP) is 2.79. The van der Waals surface area contributed by atoms with Gasteiger partial charge in [-0.15, -0.1) is 6.42 Å². The minimum absolute atomic E-state index is 1.03. The minimum Gasteiger partial charge on any atom is -0.115 e. The fourth-order valence-electron chi connectivity index (χ4n) is 1.52. The van der Waals surface area contributed by atoms with Gasteiger partial charge in [0.05, 0.1) is 0 Å². The fraction of sp³-hybridized carbons (Fsp3) is 0.333. The molecule has 0 aromatic heterocycles. The van der Waals surface area contributed by atoms with E-state index in [1.165, 1.54) is 11.1 Å². The molecule has 0 N–H and O–H groups in total. The van der Waals surface area contributed by atoms with Crippen LogP contribution in [0.4, 0.5) is 0 Å². The van der Waals surface area contributed by atoms with Crippen molar-refractivity contribution >= 4 is 0 Å². The molecule has 0 fully saturated rings. The van der Waals surface area contributed by atoms with E-state index in [0.29, 0.717) is 0 Å². The predicted molar refractivity (Wildman–Crippen MR) is 53.1 cm³/mol. The molecule has 0 saturated heterocycles. The molecule has 0 aliphatic heterocycles. The molecule has 0 saturated carbocycles. The smallest absolute Gasteiger partial charge is 0.0277 e. The SMILES string of the molecule is C#Cc1cccc(CC)c1CC. The van der Waals surface area contributed by atoms with Gasteiger partial charge in [-0.05, 0) is 30.0 Å². The van der Waals surface area contributed by atoms with Gasteiger partial charge in [-0.1, -0.05) is 31.9 Å². The lowest BCUT2D eigenvalue weighted by Crippen LogP contribution is -1.94. The van der Waals surface area contributed by atoms with Crippen LogP contribution in [0.1, 0.15) is 30.5 Å². The molecule has 1 aromatic rings. The first-order chi connectivity index (χ1) is 5.83. The summed E-state index contributed by atoms with van der Waals surface area (Å²) in [5.41, 5.74) is 3.77. The summed E-state index contributed by atoms with van der Waals surface area (Å²) < 4.78 is 0. The van der Waals surface area contributed by atoms with E-state index in [9.17, 15) is 0 Å². The monoisotopic (exact) mass is 158 g/mol. The second-order valence-electron chi connectivity index (χ2n) is 2.79. The lowest BCUT2D eigenvalue weighted by molar-refractivity contribution is 1.03. The van der Waals surface area contributed by atoms with Crippen LogP contribution in [0, 0.1) is 12.3 Å². The maximum atomic E-state index is 5.40. The van der Waals surface area contributed by atoms with Gasteiger partial charge in [-0.2, -0.15) is 0 Å². The molecule has 0 bridgehead atoms. The zero-order chi connectivity index (χ0) is 8.97. The molecule has 0 amide bonds. The molecule has 0 atom stereocenters. The van der Waals surface area contributed by atoms with Crippen LogP contribution < -0.4 is 0 Å². The van der Waals surface area contributed by atoms with E-state index < -0.39 is 0 Å². The maximum Gasteiger partial charge on any atom is 0.0277 e. The molecule has 0 radical (unpaired) electrons. The Kier molecular flexibility index (Phi) is 2.94. The molecule has 0 heterocycles. The van der Waals surface area contributed by atoms with Crippen molar-refractivity contribution in [3.63, 3.8) is 0 Å². The third-order valence-corrected chi connectivity index (χ3v) is 2.16. The summed E-state index contributed by atoms with van der Waals surface area (Å²) in [6, 6.07) is 6.20. The quantitative estimate of drug-likeness (QED) is 0.580. The van der Waals surface area contributed by atoms with Crippen LogP contribution in [0.5, 0.6) is 0 Å². The highest BCUT2D eigenvalue weighted by atomic mass is 14.1. The van der Waals surface area contributed by atoms with Crippen LogP contribution in [0.15, 0.2) is 18.2 Å². The highest BCUT2D eigenvalue weighted by Gasteiger charge is 2.01. The summed E-state index contributed by atoms with van der Waals surface area (Å²) in [6.07, 6.45) is 7.50. The normalized spacial score (nSPS) is 9.42. The molecule has 12 heavy (non-hydrogen) atoms. The summed E-state index contributed by atoms with van der Waals surface area (Å²) in [4.78, 5) is 0.